The van der Waals surface area contributed by atoms with Gasteiger partial charge in [0.25, 0.3) is 0 Å². The van der Waals surface area contributed by atoms with Gasteiger partial charge < -0.3 is 10.2 Å². The van der Waals surface area contributed by atoms with E-state index in [4.69, 9.17) is 0 Å². The molecule has 2 saturated carbocycles. The molecule has 2 heteroatoms. The molecular weight excluding hydrogens is 272 g/mol. The summed E-state index contributed by atoms with van der Waals surface area (Å²) in [5, 5.41) is 22.6. The van der Waals surface area contributed by atoms with Crippen LogP contribution < -0.4 is 0 Å². The number of hydrogen-bond acceptors (Lipinski definition) is 2. The summed E-state index contributed by atoms with van der Waals surface area (Å²) in [5.41, 5.74) is 0.129. The second-order valence-corrected chi connectivity index (χ2v) is 9.25. The highest BCUT2D eigenvalue weighted by Crippen LogP contribution is 2.65. The Kier molecular flexibility index (Phi) is 3.48. The molecule has 0 bridgehead atoms. The fourth-order valence-corrected chi connectivity index (χ4v) is 6.08. The van der Waals surface area contributed by atoms with Gasteiger partial charge in [-0.2, -0.15) is 0 Å². The normalized spacial score (nSPS) is 50.5. The average Bonchev–Trinajstić information content (AvgIpc) is 2.41. The second kappa shape index (κ2) is 4.70. The molecule has 0 spiro atoms. The Bertz CT molecular complexity index is 520. The quantitative estimate of drug-likeness (QED) is 0.712. The third-order valence-electron chi connectivity index (χ3n) is 7.33. The maximum Gasteiger partial charge on any atom is 0.0915 e. The van der Waals surface area contributed by atoms with Crippen molar-refractivity contribution in [3.05, 3.63) is 24.3 Å². The zero-order valence-electron chi connectivity index (χ0n) is 14.7. The number of hydrogen-bond donors (Lipinski definition) is 2. The molecule has 0 aromatic carbocycles. The number of rotatable bonds is 1. The zero-order chi connectivity index (χ0) is 16.4. The van der Waals surface area contributed by atoms with Gasteiger partial charge >= 0.3 is 0 Å². The summed E-state index contributed by atoms with van der Waals surface area (Å²) in [6.45, 7) is 12.9. The van der Waals surface area contributed by atoms with E-state index in [-0.39, 0.29) is 28.3 Å². The van der Waals surface area contributed by atoms with Crippen LogP contribution in [0.3, 0.4) is 0 Å². The largest absolute Gasteiger partial charge is 0.392 e. The van der Waals surface area contributed by atoms with Gasteiger partial charge in [0.05, 0.1) is 11.7 Å². The minimum atomic E-state index is -0.753. The van der Waals surface area contributed by atoms with Crippen molar-refractivity contribution in [3.63, 3.8) is 0 Å². The summed E-state index contributed by atoms with van der Waals surface area (Å²) in [6, 6.07) is 0. The van der Waals surface area contributed by atoms with Gasteiger partial charge in [-0.05, 0) is 49.0 Å². The Morgan fingerprint density at radius 3 is 2.45 bits per heavy atom. The molecule has 3 aliphatic rings. The Morgan fingerprint density at radius 2 is 1.82 bits per heavy atom. The molecule has 2 fully saturated rings. The van der Waals surface area contributed by atoms with Crippen molar-refractivity contribution in [3.8, 4) is 0 Å². The molecule has 2 N–H and O–H groups in total. The lowest BCUT2D eigenvalue weighted by Gasteiger charge is -2.64. The van der Waals surface area contributed by atoms with Crippen molar-refractivity contribution in [2.24, 2.45) is 22.2 Å². The van der Waals surface area contributed by atoms with Gasteiger partial charge in [-0.1, -0.05) is 46.3 Å². The minimum Gasteiger partial charge on any atom is -0.392 e. The molecular formula is C20H32O2. The summed E-state index contributed by atoms with van der Waals surface area (Å²) in [5.74, 6) is 0.170. The van der Waals surface area contributed by atoms with Crippen LogP contribution in [0.25, 0.3) is 0 Å². The summed E-state index contributed by atoms with van der Waals surface area (Å²) in [4.78, 5) is 0. The maximum absolute atomic E-state index is 11.7. The smallest absolute Gasteiger partial charge is 0.0915 e. The van der Waals surface area contributed by atoms with Crippen molar-refractivity contribution in [2.75, 3.05) is 0 Å². The minimum absolute atomic E-state index is 0.0470. The monoisotopic (exact) mass is 304 g/mol. The molecule has 5 atom stereocenters. The van der Waals surface area contributed by atoms with Gasteiger partial charge in [0.1, 0.15) is 0 Å². The first-order valence-electron chi connectivity index (χ1n) is 8.84. The summed E-state index contributed by atoms with van der Waals surface area (Å²) in [7, 11) is 0. The first-order valence-corrected chi connectivity index (χ1v) is 8.84. The van der Waals surface area contributed by atoms with E-state index in [1.165, 1.54) is 0 Å². The standard InChI is InChI=1S/C20H32O2/c1-6-18(4)10-11-20(22)14(13-18)12-15(21)16-17(2,3)8-7-9-19(16,20)5/h6,13,15-16,21-22H,1,7-12H2,2-5H3/t15-,16+,18+,19+,20-/m1/s1. The topological polar surface area (TPSA) is 40.5 Å². The summed E-state index contributed by atoms with van der Waals surface area (Å²) >= 11 is 0. The zero-order valence-corrected chi connectivity index (χ0v) is 14.7. The molecule has 0 aromatic heterocycles. The van der Waals surface area contributed by atoms with Crippen LogP contribution >= 0.6 is 0 Å². The number of fused-ring (bicyclic) bond motifs is 3. The number of aliphatic hydroxyl groups excluding tert-OH is 1. The van der Waals surface area contributed by atoms with Crippen LogP contribution in [0.1, 0.15) is 66.2 Å². The summed E-state index contributed by atoms with van der Waals surface area (Å²) < 4.78 is 0. The lowest BCUT2D eigenvalue weighted by atomic mass is 9.43. The third-order valence-corrected chi connectivity index (χ3v) is 7.33. The Morgan fingerprint density at radius 1 is 1.14 bits per heavy atom. The fraction of sp³-hybridized carbons (Fsp3) is 0.800. The van der Waals surface area contributed by atoms with Crippen LogP contribution in [0.5, 0.6) is 0 Å². The Labute approximate surface area is 135 Å². The van der Waals surface area contributed by atoms with Crippen molar-refractivity contribution in [1.82, 2.24) is 0 Å². The third kappa shape index (κ3) is 1.99. The van der Waals surface area contributed by atoms with Gasteiger partial charge in [-0.25, -0.2) is 0 Å². The lowest BCUT2D eigenvalue weighted by molar-refractivity contribution is -0.198. The van der Waals surface area contributed by atoms with Crippen molar-refractivity contribution in [1.29, 1.82) is 0 Å². The van der Waals surface area contributed by atoms with Gasteiger partial charge in [0.2, 0.25) is 0 Å². The van der Waals surface area contributed by atoms with Crippen molar-refractivity contribution < 1.29 is 10.2 Å². The predicted octanol–water partition coefficient (Wildman–Crippen LogP) is 4.23. The fourth-order valence-electron chi connectivity index (χ4n) is 6.08. The molecule has 0 aliphatic heterocycles. The SMILES string of the molecule is C=C[C@]1(C)C=C2C[C@@H](O)[C@H]3C(C)(C)CCC[C@]3(C)[C@@]2(O)CC1. The Hall–Kier alpha value is -0.600. The highest BCUT2D eigenvalue weighted by molar-refractivity contribution is 5.35. The van der Waals surface area contributed by atoms with E-state index in [1.807, 2.05) is 6.08 Å². The molecule has 0 amide bonds. The highest BCUT2D eigenvalue weighted by Gasteiger charge is 2.64. The Balaban J connectivity index is 2.11. The van der Waals surface area contributed by atoms with E-state index in [2.05, 4.69) is 40.3 Å². The van der Waals surface area contributed by atoms with Gasteiger partial charge in [0.15, 0.2) is 0 Å². The van der Waals surface area contributed by atoms with Crippen LogP contribution in [0.15, 0.2) is 24.3 Å². The van der Waals surface area contributed by atoms with Gasteiger partial charge in [-0.15, -0.1) is 6.58 Å². The first-order chi connectivity index (χ1) is 10.1. The van der Waals surface area contributed by atoms with Crippen LogP contribution in [0.4, 0.5) is 0 Å². The molecule has 0 heterocycles. The first kappa shape index (κ1) is 16.3. The average molecular weight is 304 g/mol. The molecule has 124 valence electrons. The van der Waals surface area contributed by atoms with Gasteiger partial charge in [-0.3, -0.25) is 0 Å². The summed E-state index contributed by atoms with van der Waals surface area (Å²) in [6.07, 6.45) is 9.48. The van der Waals surface area contributed by atoms with Crippen LogP contribution in [-0.2, 0) is 0 Å². The van der Waals surface area contributed by atoms with E-state index in [0.717, 1.165) is 37.7 Å². The van der Waals surface area contributed by atoms with Crippen molar-refractivity contribution >= 4 is 0 Å². The van der Waals surface area contributed by atoms with Crippen LogP contribution in [0, 0.1) is 22.2 Å². The molecule has 0 aromatic rings. The van der Waals surface area contributed by atoms with E-state index < -0.39 is 5.60 Å². The van der Waals surface area contributed by atoms with E-state index in [1.54, 1.807) is 0 Å². The second-order valence-electron chi connectivity index (χ2n) is 9.25. The molecule has 3 rings (SSSR count). The predicted molar refractivity (Wildman–Crippen MR) is 90.4 cm³/mol. The molecule has 22 heavy (non-hydrogen) atoms. The molecule has 0 radical (unpaired) electrons. The molecule has 0 saturated heterocycles. The highest BCUT2D eigenvalue weighted by atomic mass is 16.3. The molecule has 0 unspecified atom stereocenters. The van der Waals surface area contributed by atoms with Crippen molar-refractivity contribution in [2.45, 2.75) is 77.9 Å². The van der Waals surface area contributed by atoms with Gasteiger partial charge in [0, 0.05) is 10.8 Å². The number of aliphatic hydroxyl groups is 2. The van der Waals surface area contributed by atoms with Crippen LogP contribution in [0.2, 0.25) is 0 Å². The van der Waals surface area contributed by atoms with E-state index >= 15 is 0 Å². The van der Waals surface area contributed by atoms with E-state index in [9.17, 15) is 10.2 Å². The molecule has 2 nitrogen and oxygen atoms in total. The maximum atomic E-state index is 11.7. The lowest BCUT2D eigenvalue weighted by Crippen LogP contribution is -2.65. The molecule has 3 aliphatic carbocycles. The van der Waals surface area contributed by atoms with E-state index in [0.29, 0.717) is 6.42 Å². The van der Waals surface area contributed by atoms with Crippen LogP contribution in [-0.4, -0.2) is 21.9 Å². The number of allylic oxidation sites excluding steroid dienone is 2.